The van der Waals surface area contributed by atoms with Gasteiger partial charge in [-0.1, -0.05) is 0 Å². The molecule has 0 saturated carbocycles. The van der Waals surface area contributed by atoms with Crippen molar-refractivity contribution < 1.29 is 29.1 Å². The van der Waals surface area contributed by atoms with E-state index in [2.05, 4.69) is 20.6 Å². The Bertz CT molecular complexity index is 628. The van der Waals surface area contributed by atoms with E-state index in [-0.39, 0.29) is 6.42 Å². The van der Waals surface area contributed by atoms with Crippen LogP contribution in [0, 0.1) is 0 Å². The second kappa shape index (κ2) is 8.87. The molecule has 24 heavy (non-hydrogen) atoms. The molecule has 1 unspecified atom stereocenters. The minimum atomic E-state index is -1.25. The number of carboxylic acid groups (broad SMARTS) is 1. The van der Waals surface area contributed by atoms with Crippen LogP contribution >= 0.6 is 0 Å². The van der Waals surface area contributed by atoms with E-state index in [0.717, 1.165) is 0 Å². The van der Waals surface area contributed by atoms with Crippen molar-refractivity contribution in [2.45, 2.75) is 12.5 Å². The van der Waals surface area contributed by atoms with E-state index in [1.807, 2.05) is 5.32 Å². The smallest absolute Gasteiger partial charge is 0.322 e. The molecule has 0 aliphatic heterocycles. The van der Waals surface area contributed by atoms with Crippen molar-refractivity contribution in [3.8, 4) is 0 Å². The summed E-state index contributed by atoms with van der Waals surface area (Å²) in [6.07, 6.45) is 2.82. The molecule has 1 heterocycles. The Morgan fingerprint density at radius 2 is 1.92 bits per heavy atom. The van der Waals surface area contributed by atoms with Crippen molar-refractivity contribution >= 4 is 29.6 Å². The highest BCUT2D eigenvalue weighted by atomic mass is 16.4. The first-order valence-corrected chi connectivity index (χ1v) is 6.63. The number of hydrogen-bond donors (Lipinski definition) is 6. The Balaban J connectivity index is 2.64. The molecule has 0 aromatic carbocycles. The first-order chi connectivity index (χ1) is 11.3. The molecule has 0 spiro atoms. The van der Waals surface area contributed by atoms with Gasteiger partial charge < -0.3 is 31.8 Å². The number of H-pyrrole nitrogens is 1. The van der Waals surface area contributed by atoms with E-state index in [4.69, 9.17) is 10.8 Å². The number of nitrogens with two attached hydrogens (primary N) is 1. The van der Waals surface area contributed by atoms with Gasteiger partial charge in [-0.25, -0.2) is 4.98 Å². The van der Waals surface area contributed by atoms with Crippen LogP contribution < -0.4 is 21.7 Å². The number of carbonyl (C=O) groups is 5. The average molecular weight is 340 g/mol. The maximum absolute atomic E-state index is 12.0. The van der Waals surface area contributed by atoms with Gasteiger partial charge in [0.25, 0.3) is 0 Å². The van der Waals surface area contributed by atoms with E-state index in [1.165, 1.54) is 12.5 Å². The normalized spacial score (nSPS) is 11.2. The standard InChI is InChI=1S/C12H16N6O6/c13-10(22)12(24)15-3-8(19)18-7(1-6-2-14-5-17-6)11(23)16-4-9(20)21/h2,5,7H,1,3-4H2,(H2,13,22)(H,14,17)(H,15,24)(H,16,23)(H,18,19)(H,20,21). The fourth-order valence-corrected chi connectivity index (χ4v) is 1.60. The monoisotopic (exact) mass is 340 g/mol. The van der Waals surface area contributed by atoms with Gasteiger partial charge in [-0.2, -0.15) is 0 Å². The van der Waals surface area contributed by atoms with Gasteiger partial charge in [0.1, 0.15) is 12.6 Å². The minimum absolute atomic E-state index is 0.0148. The van der Waals surface area contributed by atoms with Gasteiger partial charge in [0.05, 0.1) is 12.9 Å². The quantitative estimate of drug-likeness (QED) is 0.261. The average Bonchev–Trinajstić information content (AvgIpc) is 3.02. The first-order valence-electron chi connectivity index (χ1n) is 6.63. The van der Waals surface area contributed by atoms with Crippen LogP contribution in [0.3, 0.4) is 0 Å². The predicted molar refractivity (Wildman–Crippen MR) is 77.1 cm³/mol. The summed E-state index contributed by atoms with van der Waals surface area (Å²) in [4.78, 5) is 62.2. The van der Waals surface area contributed by atoms with Crippen LogP contribution in [-0.2, 0) is 30.4 Å². The van der Waals surface area contributed by atoms with Crippen LogP contribution in [0.15, 0.2) is 12.5 Å². The van der Waals surface area contributed by atoms with E-state index >= 15 is 0 Å². The molecule has 130 valence electrons. The van der Waals surface area contributed by atoms with Crippen LogP contribution in [0.1, 0.15) is 5.69 Å². The summed E-state index contributed by atoms with van der Waals surface area (Å²) in [5.74, 6) is -5.15. The highest BCUT2D eigenvalue weighted by Crippen LogP contribution is 1.99. The zero-order valence-electron chi connectivity index (χ0n) is 12.4. The Hall–Kier alpha value is -3.44. The highest BCUT2D eigenvalue weighted by molar-refractivity contribution is 6.34. The molecule has 0 fully saturated rings. The SMILES string of the molecule is NC(=O)C(=O)NCC(=O)NC(Cc1cnc[nH]1)C(=O)NCC(=O)O. The van der Waals surface area contributed by atoms with E-state index in [9.17, 15) is 24.0 Å². The molecule has 4 amide bonds. The fraction of sp³-hybridized carbons (Fsp3) is 0.333. The number of carbonyl (C=O) groups excluding carboxylic acids is 4. The van der Waals surface area contributed by atoms with E-state index in [1.54, 1.807) is 0 Å². The van der Waals surface area contributed by atoms with Crippen molar-refractivity contribution in [3.63, 3.8) is 0 Å². The zero-order valence-corrected chi connectivity index (χ0v) is 12.4. The molecule has 0 radical (unpaired) electrons. The number of hydrogen-bond acceptors (Lipinski definition) is 6. The molecule has 0 aliphatic carbocycles. The Morgan fingerprint density at radius 3 is 2.46 bits per heavy atom. The molecular weight excluding hydrogens is 324 g/mol. The number of primary amides is 1. The summed E-state index contributed by atoms with van der Waals surface area (Å²) in [5.41, 5.74) is 5.24. The number of imidazole rings is 1. The number of carboxylic acids is 1. The lowest BCUT2D eigenvalue weighted by atomic mass is 10.1. The highest BCUT2D eigenvalue weighted by Gasteiger charge is 2.22. The third-order valence-corrected chi connectivity index (χ3v) is 2.68. The fourth-order valence-electron chi connectivity index (χ4n) is 1.60. The maximum Gasteiger partial charge on any atom is 0.322 e. The molecule has 1 aromatic rings. The summed E-state index contributed by atoms with van der Waals surface area (Å²) in [6, 6.07) is -1.11. The van der Waals surface area contributed by atoms with Crippen LogP contribution in [0.5, 0.6) is 0 Å². The van der Waals surface area contributed by atoms with E-state index in [0.29, 0.717) is 5.69 Å². The van der Waals surface area contributed by atoms with Gasteiger partial charge in [-0.3, -0.25) is 24.0 Å². The van der Waals surface area contributed by atoms with Crippen LogP contribution in [0.4, 0.5) is 0 Å². The molecule has 1 rings (SSSR count). The summed E-state index contributed by atoms with van der Waals surface area (Å²) < 4.78 is 0. The van der Waals surface area contributed by atoms with Crippen molar-refractivity contribution in [2.75, 3.05) is 13.1 Å². The lowest BCUT2D eigenvalue weighted by molar-refractivity contribution is -0.138. The Labute approximate surface area is 135 Å². The number of nitrogens with zero attached hydrogens (tertiary/aromatic N) is 1. The van der Waals surface area contributed by atoms with Crippen molar-refractivity contribution in [1.82, 2.24) is 25.9 Å². The van der Waals surface area contributed by atoms with Crippen LogP contribution in [0.2, 0.25) is 0 Å². The lowest BCUT2D eigenvalue weighted by Gasteiger charge is -2.17. The molecule has 1 aromatic heterocycles. The van der Waals surface area contributed by atoms with Gasteiger partial charge in [0.15, 0.2) is 0 Å². The molecule has 12 nitrogen and oxygen atoms in total. The molecule has 0 bridgehead atoms. The molecule has 0 aliphatic rings. The Morgan fingerprint density at radius 1 is 1.21 bits per heavy atom. The van der Waals surface area contributed by atoms with Crippen molar-refractivity contribution in [1.29, 1.82) is 0 Å². The van der Waals surface area contributed by atoms with Gasteiger partial charge >= 0.3 is 17.8 Å². The second-order valence-electron chi connectivity index (χ2n) is 4.56. The third kappa shape index (κ3) is 6.55. The summed E-state index contributed by atoms with van der Waals surface area (Å²) in [5, 5.41) is 15.0. The summed E-state index contributed by atoms with van der Waals surface area (Å²) in [7, 11) is 0. The number of aliphatic carboxylic acids is 1. The van der Waals surface area contributed by atoms with Gasteiger partial charge in [0.2, 0.25) is 11.8 Å². The Kier molecular flexibility index (Phi) is 6.88. The topological polar surface area (TPSA) is 196 Å². The van der Waals surface area contributed by atoms with Gasteiger partial charge in [-0.05, 0) is 0 Å². The molecule has 7 N–H and O–H groups in total. The zero-order chi connectivity index (χ0) is 18.1. The van der Waals surface area contributed by atoms with Crippen molar-refractivity contribution in [2.24, 2.45) is 5.73 Å². The van der Waals surface area contributed by atoms with Crippen LogP contribution in [0.25, 0.3) is 0 Å². The molecule has 1 atom stereocenters. The summed E-state index contributed by atoms with van der Waals surface area (Å²) >= 11 is 0. The number of aromatic nitrogens is 2. The molecular formula is C12H16N6O6. The molecule has 0 saturated heterocycles. The number of aromatic amines is 1. The second-order valence-corrected chi connectivity index (χ2v) is 4.56. The number of amides is 4. The largest absolute Gasteiger partial charge is 0.480 e. The third-order valence-electron chi connectivity index (χ3n) is 2.68. The van der Waals surface area contributed by atoms with E-state index < -0.39 is 48.7 Å². The maximum atomic E-state index is 12.0. The molecule has 12 heteroatoms. The van der Waals surface area contributed by atoms with Crippen LogP contribution in [-0.4, -0.2) is 63.8 Å². The lowest BCUT2D eigenvalue weighted by Crippen LogP contribution is -2.52. The first kappa shape index (κ1) is 18.6. The summed E-state index contributed by atoms with van der Waals surface area (Å²) in [6.45, 7) is -1.19. The predicted octanol–water partition coefficient (Wildman–Crippen LogP) is -3.76. The number of rotatable bonds is 8. The minimum Gasteiger partial charge on any atom is -0.480 e. The van der Waals surface area contributed by atoms with Crippen molar-refractivity contribution in [3.05, 3.63) is 18.2 Å². The number of nitrogens with one attached hydrogen (secondary N) is 4. The van der Waals surface area contributed by atoms with Gasteiger partial charge in [-0.15, -0.1) is 0 Å². The van der Waals surface area contributed by atoms with Gasteiger partial charge in [0, 0.05) is 18.3 Å².